The number of amides is 2. The van der Waals surface area contributed by atoms with Crippen LogP contribution in [0.4, 0.5) is 4.79 Å². The van der Waals surface area contributed by atoms with Crippen molar-refractivity contribution in [3.8, 4) is 0 Å². The number of fused-ring (bicyclic) bond motifs is 1. The average molecular weight is 336 g/mol. The molecule has 0 spiro atoms. The van der Waals surface area contributed by atoms with Crippen molar-refractivity contribution < 1.29 is 14.3 Å². The highest BCUT2D eigenvalue weighted by Crippen LogP contribution is 2.31. The normalized spacial score (nSPS) is 23.2. The summed E-state index contributed by atoms with van der Waals surface area (Å²) >= 11 is 0. The molecule has 1 N–H and O–H groups in total. The van der Waals surface area contributed by atoms with E-state index < -0.39 is 16.8 Å². The number of nitrogens with zero attached hydrogens (tertiary/aromatic N) is 3. The maximum absolute atomic E-state index is 12.6. The lowest BCUT2D eigenvalue weighted by molar-refractivity contribution is -0.136. The molecular formula is C15H20N4O5. The first-order valence-electron chi connectivity index (χ1n) is 7.89. The average Bonchev–Trinajstić information content (AvgIpc) is 2.89. The fourth-order valence-electron chi connectivity index (χ4n) is 3.26. The Labute approximate surface area is 137 Å². The molecule has 0 saturated carbocycles. The third-order valence-electron chi connectivity index (χ3n) is 4.84. The minimum absolute atomic E-state index is 0.148. The van der Waals surface area contributed by atoms with Gasteiger partial charge < -0.3 is 9.64 Å². The Morgan fingerprint density at radius 2 is 2.08 bits per heavy atom. The Kier molecular flexibility index (Phi) is 3.94. The van der Waals surface area contributed by atoms with Gasteiger partial charge in [0.2, 0.25) is 5.91 Å². The number of piperazine rings is 1. The van der Waals surface area contributed by atoms with Crippen LogP contribution in [0.5, 0.6) is 0 Å². The van der Waals surface area contributed by atoms with Gasteiger partial charge in [0.15, 0.2) is 0 Å². The van der Waals surface area contributed by atoms with Crippen molar-refractivity contribution in [1.29, 1.82) is 0 Å². The van der Waals surface area contributed by atoms with Crippen LogP contribution in [0.3, 0.4) is 0 Å². The Bertz CT molecular complexity index is 798. The van der Waals surface area contributed by atoms with Crippen LogP contribution >= 0.6 is 0 Å². The van der Waals surface area contributed by atoms with Crippen LogP contribution < -0.4 is 11.2 Å². The van der Waals surface area contributed by atoms with Gasteiger partial charge in [0.05, 0.1) is 5.54 Å². The van der Waals surface area contributed by atoms with E-state index in [9.17, 15) is 19.2 Å². The molecule has 2 saturated heterocycles. The van der Waals surface area contributed by atoms with E-state index in [4.69, 9.17) is 4.74 Å². The van der Waals surface area contributed by atoms with Crippen molar-refractivity contribution in [1.82, 2.24) is 19.4 Å². The number of hydrogen-bond donors (Lipinski definition) is 1. The molecule has 2 aliphatic heterocycles. The fourth-order valence-corrected chi connectivity index (χ4v) is 3.26. The van der Waals surface area contributed by atoms with E-state index in [0.29, 0.717) is 31.6 Å². The van der Waals surface area contributed by atoms with Gasteiger partial charge in [-0.05, 0) is 13.3 Å². The zero-order valence-corrected chi connectivity index (χ0v) is 13.7. The zero-order chi connectivity index (χ0) is 17.5. The molecule has 9 nitrogen and oxygen atoms in total. The van der Waals surface area contributed by atoms with Gasteiger partial charge in [-0.3, -0.25) is 24.0 Å². The van der Waals surface area contributed by atoms with Gasteiger partial charge in [-0.15, -0.1) is 0 Å². The van der Waals surface area contributed by atoms with E-state index in [1.807, 2.05) is 6.92 Å². The summed E-state index contributed by atoms with van der Waals surface area (Å²) in [6.45, 7) is 4.84. The monoisotopic (exact) mass is 336 g/mol. The molecule has 1 aromatic rings. The first-order valence-corrected chi connectivity index (χ1v) is 7.89. The van der Waals surface area contributed by atoms with Crippen LogP contribution in [0.15, 0.2) is 15.8 Å². The summed E-state index contributed by atoms with van der Waals surface area (Å²) in [4.78, 5) is 53.1. The Balaban J connectivity index is 1.77. The molecule has 1 atom stereocenters. The van der Waals surface area contributed by atoms with Crippen molar-refractivity contribution in [3.05, 3.63) is 32.6 Å². The van der Waals surface area contributed by atoms with Gasteiger partial charge in [-0.2, -0.15) is 0 Å². The number of aryl methyl sites for hydroxylation is 1. The lowest BCUT2D eigenvalue weighted by atomic mass is 9.93. The molecular weight excluding hydrogens is 316 g/mol. The minimum Gasteiger partial charge on any atom is -0.447 e. The van der Waals surface area contributed by atoms with E-state index in [2.05, 4.69) is 4.98 Å². The first kappa shape index (κ1) is 16.3. The number of carbonyl (C=O) groups is 2. The molecule has 130 valence electrons. The van der Waals surface area contributed by atoms with E-state index in [0.717, 1.165) is 0 Å². The van der Waals surface area contributed by atoms with Crippen LogP contribution in [0.25, 0.3) is 0 Å². The molecule has 2 fully saturated rings. The predicted octanol–water partition coefficient (Wildman–Crippen LogP) is -0.712. The zero-order valence-electron chi connectivity index (χ0n) is 13.7. The van der Waals surface area contributed by atoms with Gasteiger partial charge in [-0.25, -0.2) is 9.59 Å². The molecule has 0 aromatic carbocycles. The van der Waals surface area contributed by atoms with Crippen LogP contribution in [0.2, 0.25) is 0 Å². The SMILES string of the molecule is CCC12COC(=O)N1CCN(C(=O)Cn1cc(C)c(=O)[nH]c1=O)C2. The summed E-state index contributed by atoms with van der Waals surface area (Å²) in [7, 11) is 0. The van der Waals surface area contributed by atoms with E-state index in [1.54, 1.807) is 16.7 Å². The van der Waals surface area contributed by atoms with E-state index in [-0.39, 0.29) is 25.2 Å². The Morgan fingerprint density at radius 3 is 2.79 bits per heavy atom. The highest BCUT2D eigenvalue weighted by molar-refractivity contribution is 5.77. The molecule has 2 aliphatic rings. The number of aromatic nitrogens is 2. The van der Waals surface area contributed by atoms with Crippen molar-refractivity contribution in [3.63, 3.8) is 0 Å². The number of ether oxygens (including phenoxy) is 1. The molecule has 24 heavy (non-hydrogen) atoms. The number of hydrogen-bond acceptors (Lipinski definition) is 5. The summed E-state index contributed by atoms with van der Waals surface area (Å²) in [5, 5.41) is 0. The van der Waals surface area contributed by atoms with Gasteiger partial charge in [0, 0.05) is 31.4 Å². The molecule has 3 heterocycles. The van der Waals surface area contributed by atoms with Crippen molar-refractivity contribution in [2.24, 2.45) is 0 Å². The molecule has 1 aromatic heterocycles. The van der Waals surface area contributed by atoms with Gasteiger partial charge in [0.25, 0.3) is 5.56 Å². The second-order valence-electron chi connectivity index (χ2n) is 6.30. The summed E-state index contributed by atoms with van der Waals surface area (Å²) < 4.78 is 6.34. The number of nitrogens with one attached hydrogen (secondary N) is 1. The van der Waals surface area contributed by atoms with Crippen molar-refractivity contribution in [2.75, 3.05) is 26.2 Å². The lowest BCUT2D eigenvalue weighted by Crippen LogP contribution is -2.62. The summed E-state index contributed by atoms with van der Waals surface area (Å²) in [5.41, 5.74) is -1.19. The van der Waals surface area contributed by atoms with Crippen LogP contribution in [-0.2, 0) is 16.1 Å². The molecule has 0 bridgehead atoms. The number of cyclic esters (lactones) is 1. The summed E-state index contributed by atoms with van der Waals surface area (Å²) in [6.07, 6.45) is 1.73. The molecule has 9 heteroatoms. The molecule has 0 aliphatic carbocycles. The first-order chi connectivity index (χ1) is 11.4. The maximum Gasteiger partial charge on any atom is 0.410 e. The molecule has 3 rings (SSSR count). The lowest BCUT2D eigenvalue weighted by Gasteiger charge is -2.44. The van der Waals surface area contributed by atoms with Crippen molar-refractivity contribution in [2.45, 2.75) is 32.4 Å². The predicted molar refractivity (Wildman–Crippen MR) is 83.7 cm³/mol. The second-order valence-corrected chi connectivity index (χ2v) is 6.30. The third-order valence-corrected chi connectivity index (χ3v) is 4.84. The number of carbonyl (C=O) groups excluding carboxylic acids is 2. The standard InChI is InChI=1S/C15H20N4O5/c1-3-15-8-17(4-5-19(15)14(23)24-9-15)11(20)7-18-6-10(2)12(21)16-13(18)22/h6H,3-5,7-9H2,1-2H3,(H,16,21,22). The van der Waals surface area contributed by atoms with Gasteiger partial charge in [0.1, 0.15) is 13.2 Å². The number of rotatable bonds is 3. The van der Waals surface area contributed by atoms with Crippen molar-refractivity contribution >= 4 is 12.0 Å². The van der Waals surface area contributed by atoms with E-state index >= 15 is 0 Å². The minimum atomic E-state index is -0.609. The number of H-pyrrole nitrogens is 1. The summed E-state index contributed by atoms with van der Waals surface area (Å²) in [6, 6.07) is 0. The molecule has 2 amide bonds. The smallest absolute Gasteiger partial charge is 0.410 e. The largest absolute Gasteiger partial charge is 0.447 e. The summed E-state index contributed by atoms with van der Waals surface area (Å²) in [5.74, 6) is -0.227. The van der Waals surface area contributed by atoms with Crippen LogP contribution in [-0.4, -0.2) is 63.1 Å². The van der Waals surface area contributed by atoms with Crippen LogP contribution in [0, 0.1) is 6.92 Å². The Morgan fingerprint density at radius 1 is 1.33 bits per heavy atom. The van der Waals surface area contributed by atoms with Gasteiger partial charge in [-0.1, -0.05) is 6.92 Å². The number of aromatic amines is 1. The topological polar surface area (TPSA) is 105 Å². The highest BCUT2D eigenvalue weighted by Gasteiger charge is 2.50. The quantitative estimate of drug-likeness (QED) is 0.785. The molecule has 0 radical (unpaired) electrons. The van der Waals surface area contributed by atoms with Gasteiger partial charge >= 0.3 is 11.8 Å². The highest BCUT2D eigenvalue weighted by atomic mass is 16.6. The van der Waals surface area contributed by atoms with Crippen LogP contribution in [0.1, 0.15) is 18.9 Å². The second kappa shape index (κ2) is 5.81. The molecule has 1 unspecified atom stereocenters. The Hall–Kier alpha value is -2.58. The maximum atomic E-state index is 12.6. The third kappa shape index (κ3) is 2.59. The van der Waals surface area contributed by atoms with E-state index in [1.165, 1.54) is 10.8 Å². The fraction of sp³-hybridized carbons (Fsp3) is 0.600.